The van der Waals surface area contributed by atoms with Crippen molar-refractivity contribution in [3.8, 4) is 11.5 Å². The molecule has 2 aromatic carbocycles. The number of fused-ring (bicyclic) bond motifs is 1. The molecule has 0 spiro atoms. The summed E-state index contributed by atoms with van der Waals surface area (Å²) in [5.74, 6) is -0.183. The van der Waals surface area contributed by atoms with Gasteiger partial charge in [-0.3, -0.25) is 9.59 Å². The number of aromatic nitrogens is 1. The van der Waals surface area contributed by atoms with Gasteiger partial charge in [0, 0.05) is 58.1 Å². The summed E-state index contributed by atoms with van der Waals surface area (Å²) < 4.78 is 18.0. The fraction of sp³-hybridized carbons (Fsp3) is 0.433. The van der Waals surface area contributed by atoms with E-state index in [1.165, 1.54) is 11.3 Å². The Bertz CT molecular complexity index is 1420. The number of benzene rings is 2. The Balaban J connectivity index is 1.85. The second-order valence-electron chi connectivity index (χ2n) is 10.7. The SMILES string of the molecule is COc1cccc([C@H]2O[C@H](Cc3nc(CCC(=O)O)c(C)s3)C(=O)N(CC(C)(C)CO)c3ccc(Cl)cc32)c1OC. The van der Waals surface area contributed by atoms with Gasteiger partial charge in [-0.15, -0.1) is 11.3 Å². The van der Waals surface area contributed by atoms with E-state index in [-0.39, 0.29) is 31.9 Å². The van der Waals surface area contributed by atoms with Gasteiger partial charge in [-0.1, -0.05) is 37.6 Å². The van der Waals surface area contributed by atoms with Crippen LogP contribution in [0.15, 0.2) is 36.4 Å². The Morgan fingerprint density at radius 2 is 1.95 bits per heavy atom. The predicted molar refractivity (Wildman–Crippen MR) is 157 cm³/mol. The Hall–Kier alpha value is -3.18. The van der Waals surface area contributed by atoms with E-state index in [4.69, 9.17) is 30.9 Å². The first-order chi connectivity index (χ1) is 19.5. The summed E-state index contributed by atoms with van der Waals surface area (Å²) in [5.41, 5.74) is 2.05. The normalized spacial score (nSPS) is 17.2. The number of hydrogen-bond donors (Lipinski definition) is 2. The number of halogens is 1. The standard InChI is InChI=1S/C30H35ClN2O7S/c1-17-21(10-12-26(35)36)32-25(41-17)14-24-29(37)33(15-30(2,3)16-34)22-11-9-18(31)13-20(22)27(40-24)19-7-6-8-23(38-4)28(19)39-5/h6-9,11,13,24,27,34H,10,12,14-16H2,1-5H3,(H,35,36)/t24-,27-/m1/s1. The van der Waals surface area contributed by atoms with Gasteiger partial charge in [0.1, 0.15) is 12.2 Å². The Morgan fingerprint density at radius 1 is 1.20 bits per heavy atom. The van der Waals surface area contributed by atoms with E-state index in [0.717, 1.165) is 4.88 Å². The number of carboxylic acid groups (broad SMARTS) is 1. The summed E-state index contributed by atoms with van der Waals surface area (Å²) in [5, 5.41) is 20.4. The maximum atomic E-state index is 14.3. The number of anilines is 1. The molecule has 220 valence electrons. The number of methoxy groups -OCH3 is 2. The number of rotatable bonds is 11. The molecule has 0 radical (unpaired) electrons. The topological polar surface area (TPSA) is 118 Å². The lowest BCUT2D eigenvalue weighted by molar-refractivity contribution is -0.137. The van der Waals surface area contributed by atoms with Gasteiger partial charge in [0.05, 0.1) is 31.3 Å². The van der Waals surface area contributed by atoms with Crippen LogP contribution in [0.25, 0.3) is 0 Å². The van der Waals surface area contributed by atoms with Crippen LogP contribution >= 0.6 is 22.9 Å². The molecule has 0 unspecified atom stereocenters. The molecule has 0 saturated carbocycles. The number of carboxylic acids is 1. The second-order valence-corrected chi connectivity index (χ2v) is 12.5. The molecule has 0 bridgehead atoms. The van der Waals surface area contributed by atoms with Crippen molar-refractivity contribution in [3.63, 3.8) is 0 Å². The number of amides is 1. The molecule has 11 heteroatoms. The molecular weight excluding hydrogens is 568 g/mol. The van der Waals surface area contributed by atoms with Gasteiger partial charge in [-0.25, -0.2) is 4.98 Å². The first kappa shape index (κ1) is 30.8. The number of carbonyl (C=O) groups excluding carboxylic acids is 1. The molecule has 0 fully saturated rings. The summed E-state index contributed by atoms with van der Waals surface area (Å²) in [6.07, 6.45) is -1.24. The second kappa shape index (κ2) is 12.8. The molecule has 1 aliphatic heterocycles. The van der Waals surface area contributed by atoms with Crippen molar-refractivity contribution in [2.45, 2.75) is 52.2 Å². The van der Waals surface area contributed by atoms with Gasteiger partial charge < -0.3 is 29.3 Å². The lowest BCUT2D eigenvalue weighted by Gasteiger charge is -2.32. The average molecular weight is 603 g/mol. The summed E-state index contributed by atoms with van der Waals surface area (Å²) in [6, 6.07) is 10.8. The zero-order chi connectivity index (χ0) is 29.9. The van der Waals surface area contributed by atoms with Crippen LogP contribution in [0.2, 0.25) is 5.02 Å². The fourth-order valence-electron chi connectivity index (χ4n) is 4.90. The highest BCUT2D eigenvalue weighted by molar-refractivity contribution is 7.11. The molecule has 0 aliphatic carbocycles. The molecule has 4 rings (SSSR count). The van der Waals surface area contributed by atoms with Crippen molar-refractivity contribution < 1.29 is 34.0 Å². The molecule has 1 aromatic heterocycles. The minimum atomic E-state index is -0.950. The van der Waals surface area contributed by atoms with Crippen LogP contribution in [0.4, 0.5) is 5.69 Å². The van der Waals surface area contributed by atoms with Gasteiger partial charge in [-0.05, 0) is 31.2 Å². The third-order valence-electron chi connectivity index (χ3n) is 7.01. The number of aryl methyl sites for hydroxylation is 2. The first-order valence-electron chi connectivity index (χ1n) is 13.2. The van der Waals surface area contributed by atoms with Gasteiger partial charge in [-0.2, -0.15) is 0 Å². The fourth-order valence-corrected chi connectivity index (χ4v) is 6.09. The van der Waals surface area contributed by atoms with Gasteiger partial charge >= 0.3 is 5.97 Å². The van der Waals surface area contributed by atoms with E-state index in [0.29, 0.717) is 50.5 Å². The largest absolute Gasteiger partial charge is 0.493 e. The number of carbonyl (C=O) groups is 2. The number of thiazole rings is 1. The zero-order valence-corrected chi connectivity index (χ0v) is 25.3. The maximum absolute atomic E-state index is 14.3. The summed E-state index contributed by atoms with van der Waals surface area (Å²) >= 11 is 7.92. The number of aliphatic carboxylic acids is 1. The molecule has 0 saturated heterocycles. The van der Waals surface area contributed by atoms with E-state index >= 15 is 0 Å². The lowest BCUT2D eigenvalue weighted by Crippen LogP contribution is -2.45. The number of aliphatic hydroxyl groups excluding tert-OH is 1. The lowest BCUT2D eigenvalue weighted by atomic mass is 9.92. The third-order valence-corrected chi connectivity index (χ3v) is 8.28. The van der Waals surface area contributed by atoms with Crippen LogP contribution in [-0.2, 0) is 27.2 Å². The molecule has 9 nitrogen and oxygen atoms in total. The highest BCUT2D eigenvalue weighted by Gasteiger charge is 2.40. The van der Waals surface area contributed by atoms with Crippen LogP contribution in [0.1, 0.15) is 53.1 Å². The Kier molecular flexibility index (Phi) is 9.59. The minimum absolute atomic E-state index is 0.0271. The average Bonchev–Trinajstić information content (AvgIpc) is 3.25. The van der Waals surface area contributed by atoms with Crippen molar-refractivity contribution in [1.82, 2.24) is 4.98 Å². The maximum Gasteiger partial charge on any atom is 0.303 e. The van der Waals surface area contributed by atoms with E-state index in [2.05, 4.69) is 4.98 Å². The van der Waals surface area contributed by atoms with Crippen LogP contribution in [-0.4, -0.2) is 60.5 Å². The van der Waals surface area contributed by atoms with Gasteiger partial charge in [0.25, 0.3) is 5.91 Å². The summed E-state index contributed by atoms with van der Waals surface area (Å²) in [6.45, 7) is 5.78. The molecule has 2 atom stereocenters. The number of para-hydroxylation sites is 1. The van der Waals surface area contributed by atoms with Crippen molar-refractivity contribution >= 4 is 40.5 Å². The zero-order valence-electron chi connectivity index (χ0n) is 23.8. The van der Waals surface area contributed by atoms with Crippen LogP contribution in [0.3, 0.4) is 0 Å². The first-order valence-corrected chi connectivity index (χ1v) is 14.4. The highest BCUT2D eigenvalue weighted by atomic mass is 35.5. The van der Waals surface area contributed by atoms with Gasteiger partial charge in [0.2, 0.25) is 0 Å². The number of ether oxygens (including phenoxy) is 3. The molecule has 41 heavy (non-hydrogen) atoms. The van der Waals surface area contributed by atoms with Crippen molar-refractivity contribution in [2.24, 2.45) is 5.41 Å². The van der Waals surface area contributed by atoms with E-state index in [1.807, 2.05) is 32.9 Å². The van der Waals surface area contributed by atoms with Crippen molar-refractivity contribution in [2.75, 3.05) is 32.3 Å². The Morgan fingerprint density at radius 3 is 2.61 bits per heavy atom. The molecule has 1 amide bonds. The van der Waals surface area contributed by atoms with E-state index < -0.39 is 23.6 Å². The highest BCUT2D eigenvalue weighted by Crippen LogP contribution is 2.45. The third kappa shape index (κ3) is 6.83. The van der Waals surface area contributed by atoms with Crippen LogP contribution < -0.4 is 14.4 Å². The minimum Gasteiger partial charge on any atom is -0.493 e. The van der Waals surface area contributed by atoms with Crippen LogP contribution in [0, 0.1) is 12.3 Å². The molecular formula is C30H35ClN2O7S. The molecule has 1 aliphatic rings. The van der Waals surface area contributed by atoms with Crippen LogP contribution in [0.5, 0.6) is 11.5 Å². The van der Waals surface area contributed by atoms with Crippen molar-refractivity contribution in [3.05, 3.63) is 68.1 Å². The number of nitrogens with zero attached hydrogens (tertiary/aromatic N) is 2. The number of hydrogen-bond acceptors (Lipinski definition) is 8. The summed E-state index contributed by atoms with van der Waals surface area (Å²) in [4.78, 5) is 32.6. The molecule has 2 N–H and O–H groups in total. The summed E-state index contributed by atoms with van der Waals surface area (Å²) in [7, 11) is 3.10. The van der Waals surface area contributed by atoms with Crippen molar-refractivity contribution in [1.29, 1.82) is 0 Å². The predicted octanol–water partition coefficient (Wildman–Crippen LogP) is 5.22. The van der Waals surface area contributed by atoms with E-state index in [9.17, 15) is 14.7 Å². The monoisotopic (exact) mass is 602 g/mol. The number of aliphatic hydroxyl groups is 1. The molecule has 2 heterocycles. The van der Waals surface area contributed by atoms with Gasteiger partial charge in [0.15, 0.2) is 11.5 Å². The van der Waals surface area contributed by atoms with E-state index in [1.54, 1.807) is 43.4 Å². The Labute approximate surface area is 248 Å². The smallest absolute Gasteiger partial charge is 0.303 e. The molecule has 3 aromatic rings. The quantitative estimate of drug-likeness (QED) is 0.307.